The number of nitrogens with two attached hydrogens (primary N) is 1. The molecule has 2 aromatic rings. The monoisotopic (exact) mass is 305 g/mol. The first-order valence-electron chi connectivity index (χ1n) is 6.95. The van der Waals surface area contributed by atoms with Crippen LogP contribution in [0.4, 0.5) is 4.39 Å². The fourth-order valence-electron chi connectivity index (χ4n) is 2.81. The van der Waals surface area contributed by atoms with Crippen molar-refractivity contribution in [2.75, 3.05) is 6.61 Å². The van der Waals surface area contributed by atoms with Crippen LogP contribution in [0.2, 0.25) is 5.02 Å². The zero-order chi connectivity index (χ0) is 15.0. The van der Waals surface area contributed by atoms with Crippen molar-refractivity contribution in [1.29, 1.82) is 0 Å². The Kier molecular flexibility index (Phi) is 3.64. The normalized spacial score (nSPS) is 16.2. The van der Waals surface area contributed by atoms with Crippen LogP contribution in [0.15, 0.2) is 36.4 Å². The fraction of sp³-hybridized carbons (Fsp3) is 0.294. The molecular formula is C17H17ClFNO. The molecule has 0 amide bonds. The van der Waals surface area contributed by atoms with Crippen LogP contribution in [0.5, 0.6) is 5.75 Å². The Morgan fingerprint density at radius 1 is 1.29 bits per heavy atom. The second-order valence-electron chi connectivity index (χ2n) is 5.75. The van der Waals surface area contributed by atoms with Crippen LogP contribution >= 0.6 is 11.6 Å². The molecular weight excluding hydrogens is 289 g/mol. The summed E-state index contributed by atoms with van der Waals surface area (Å²) in [6.45, 7) is 2.61. The SMILES string of the molecule is CC(N)(Cc1cc(Cl)cc2c1OCC2)c1ccc(F)cc1. The highest BCUT2D eigenvalue weighted by Crippen LogP contribution is 2.36. The maximum atomic E-state index is 13.1. The molecule has 1 aliphatic rings. The van der Waals surface area contributed by atoms with Crippen molar-refractivity contribution in [2.45, 2.75) is 25.3 Å². The average Bonchev–Trinajstić information content (AvgIpc) is 2.87. The van der Waals surface area contributed by atoms with Crippen molar-refractivity contribution in [3.63, 3.8) is 0 Å². The standard InChI is InChI=1S/C17H17ClFNO/c1-17(20,13-2-4-15(19)5-3-13)10-12-9-14(18)8-11-6-7-21-16(11)12/h2-5,8-9H,6-7,10,20H2,1H3. The molecule has 0 saturated heterocycles. The molecule has 4 heteroatoms. The predicted molar refractivity (Wildman–Crippen MR) is 82.3 cm³/mol. The summed E-state index contributed by atoms with van der Waals surface area (Å²) in [6.07, 6.45) is 1.46. The molecule has 0 fully saturated rings. The molecule has 21 heavy (non-hydrogen) atoms. The second-order valence-corrected chi connectivity index (χ2v) is 6.19. The van der Waals surface area contributed by atoms with Gasteiger partial charge < -0.3 is 10.5 Å². The maximum absolute atomic E-state index is 13.1. The van der Waals surface area contributed by atoms with Crippen molar-refractivity contribution in [3.8, 4) is 5.75 Å². The first kappa shape index (κ1) is 14.4. The van der Waals surface area contributed by atoms with Crippen LogP contribution in [0, 0.1) is 5.82 Å². The summed E-state index contributed by atoms with van der Waals surface area (Å²) in [7, 11) is 0. The zero-order valence-electron chi connectivity index (χ0n) is 11.8. The molecule has 2 nitrogen and oxygen atoms in total. The van der Waals surface area contributed by atoms with Crippen molar-refractivity contribution in [2.24, 2.45) is 5.73 Å². The first-order valence-corrected chi connectivity index (χ1v) is 7.32. The van der Waals surface area contributed by atoms with E-state index >= 15 is 0 Å². The molecule has 0 aromatic heterocycles. The molecule has 0 aliphatic carbocycles. The van der Waals surface area contributed by atoms with Crippen LogP contribution in [-0.4, -0.2) is 6.61 Å². The smallest absolute Gasteiger partial charge is 0.125 e. The van der Waals surface area contributed by atoms with E-state index in [0.29, 0.717) is 18.1 Å². The lowest BCUT2D eigenvalue weighted by Crippen LogP contribution is -2.35. The number of halogens is 2. The zero-order valence-corrected chi connectivity index (χ0v) is 12.6. The maximum Gasteiger partial charge on any atom is 0.125 e. The molecule has 1 unspecified atom stereocenters. The third-order valence-corrected chi connectivity index (χ3v) is 4.10. The molecule has 110 valence electrons. The largest absolute Gasteiger partial charge is 0.493 e. The molecule has 1 atom stereocenters. The van der Waals surface area contributed by atoms with Gasteiger partial charge in [-0.2, -0.15) is 0 Å². The fourth-order valence-corrected chi connectivity index (χ4v) is 3.07. The average molecular weight is 306 g/mol. The highest BCUT2D eigenvalue weighted by molar-refractivity contribution is 6.30. The number of rotatable bonds is 3. The van der Waals surface area contributed by atoms with Crippen molar-refractivity contribution in [3.05, 3.63) is 63.9 Å². The first-order chi connectivity index (χ1) is 9.95. The van der Waals surface area contributed by atoms with Gasteiger partial charge >= 0.3 is 0 Å². The van der Waals surface area contributed by atoms with Gasteiger partial charge in [-0.05, 0) is 54.3 Å². The summed E-state index contributed by atoms with van der Waals surface area (Å²) in [5.74, 6) is 0.639. The summed E-state index contributed by atoms with van der Waals surface area (Å²) in [5.41, 5.74) is 8.85. The van der Waals surface area contributed by atoms with E-state index in [0.717, 1.165) is 28.9 Å². The molecule has 0 spiro atoms. The van der Waals surface area contributed by atoms with Crippen LogP contribution in [-0.2, 0) is 18.4 Å². The molecule has 0 bridgehead atoms. The van der Waals surface area contributed by atoms with Gasteiger partial charge in [-0.3, -0.25) is 0 Å². The van der Waals surface area contributed by atoms with Crippen LogP contribution in [0.1, 0.15) is 23.6 Å². The van der Waals surface area contributed by atoms with E-state index in [4.69, 9.17) is 22.1 Å². The van der Waals surface area contributed by atoms with Gasteiger partial charge in [-0.1, -0.05) is 23.7 Å². The minimum Gasteiger partial charge on any atom is -0.493 e. The minimum atomic E-state index is -0.613. The van der Waals surface area contributed by atoms with Gasteiger partial charge in [0.05, 0.1) is 6.61 Å². The number of ether oxygens (including phenoxy) is 1. The lowest BCUT2D eigenvalue weighted by molar-refractivity contribution is 0.349. The van der Waals surface area contributed by atoms with Gasteiger partial charge in [0, 0.05) is 17.0 Å². The van der Waals surface area contributed by atoms with Gasteiger partial charge in [-0.25, -0.2) is 4.39 Å². The van der Waals surface area contributed by atoms with E-state index in [2.05, 4.69) is 0 Å². The number of hydrogen-bond acceptors (Lipinski definition) is 2. The molecule has 3 rings (SSSR count). The Morgan fingerprint density at radius 2 is 2.00 bits per heavy atom. The van der Waals surface area contributed by atoms with E-state index in [1.807, 2.05) is 19.1 Å². The van der Waals surface area contributed by atoms with Gasteiger partial charge in [0.15, 0.2) is 0 Å². The summed E-state index contributed by atoms with van der Waals surface area (Å²) in [6, 6.07) is 10.2. The number of hydrogen-bond donors (Lipinski definition) is 1. The number of benzene rings is 2. The van der Waals surface area contributed by atoms with Crippen molar-refractivity contribution < 1.29 is 9.13 Å². The third kappa shape index (κ3) is 2.89. The van der Waals surface area contributed by atoms with E-state index in [1.165, 1.54) is 12.1 Å². The highest BCUT2D eigenvalue weighted by Gasteiger charge is 2.26. The van der Waals surface area contributed by atoms with Crippen LogP contribution in [0.25, 0.3) is 0 Å². The van der Waals surface area contributed by atoms with E-state index in [1.54, 1.807) is 12.1 Å². The van der Waals surface area contributed by atoms with Gasteiger partial charge in [0.1, 0.15) is 11.6 Å². The Bertz CT molecular complexity index is 667. The van der Waals surface area contributed by atoms with Crippen LogP contribution in [0.3, 0.4) is 0 Å². The summed E-state index contributed by atoms with van der Waals surface area (Å²) >= 11 is 6.18. The van der Waals surface area contributed by atoms with Gasteiger partial charge in [-0.15, -0.1) is 0 Å². The Labute approximate surface area is 128 Å². The van der Waals surface area contributed by atoms with Gasteiger partial charge in [0.25, 0.3) is 0 Å². The summed E-state index contributed by atoms with van der Waals surface area (Å²) < 4.78 is 18.8. The predicted octanol–water partition coefficient (Wildman–Crippen LogP) is 3.83. The second kappa shape index (κ2) is 5.32. The lowest BCUT2D eigenvalue weighted by atomic mass is 9.86. The van der Waals surface area contributed by atoms with E-state index in [9.17, 15) is 4.39 Å². The number of fused-ring (bicyclic) bond motifs is 1. The molecule has 0 radical (unpaired) electrons. The molecule has 1 aliphatic heterocycles. The van der Waals surface area contributed by atoms with Crippen molar-refractivity contribution in [1.82, 2.24) is 0 Å². The van der Waals surface area contributed by atoms with Crippen molar-refractivity contribution >= 4 is 11.6 Å². The molecule has 1 heterocycles. The molecule has 2 N–H and O–H groups in total. The third-order valence-electron chi connectivity index (χ3n) is 3.89. The Balaban J connectivity index is 1.94. The Morgan fingerprint density at radius 3 is 2.71 bits per heavy atom. The Hall–Kier alpha value is -1.58. The van der Waals surface area contributed by atoms with E-state index in [-0.39, 0.29) is 5.82 Å². The lowest BCUT2D eigenvalue weighted by Gasteiger charge is -2.26. The molecule has 0 saturated carbocycles. The highest BCUT2D eigenvalue weighted by atomic mass is 35.5. The molecule has 2 aromatic carbocycles. The topological polar surface area (TPSA) is 35.2 Å². The quantitative estimate of drug-likeness (QED) is 0.935. The van der Waals surface area contributed by atoms with Gasteiger partial charge in [0.2, 0.25) is 0 Å². The summed E-state index contributed by atoms with van der Waals surface area (Å²) in [4.78, 5) is 0. The summed E-state index contributed by atoms with van der Waals surface area (Å²) in [5, 5.41) is 0.698. The minimum absolute atomic E-state index is 0.262. The van der Waals surface area contributed by atoms with Crippen LogP contribution < -0.4 is 10.5 Å². The van der Waals surface area contributed by atoms with E-state index < -0.39 is 5.54 Å².